The van der Waals surface area contributed by atoms with Gasteiger partial charge >= 0.3 is 0 Å². The molecule has 0 bridgehead atoms. The number of nitrogens with zero attached hydrogens (tertiary/aromatic N) is 1. The van der Waals surface area contributed by atoms with Crippen LogP contribution in [0.3, 0.4) is 0 Å². The van der Waals surface area contributed by atoms with Gasteiger partial charge in [0.25, 0.3) is 0 Å². The third-order valence-corrected chi connectivity index (χ3v) is 2.76. The lowest BCUT2D eigenvalue weighted by molar-refractivity contribution is -0.129. The molecule has 0 saturated carbocycles. The fraction of sp³-hybridized carbons (Fsp3) is 0.400. The fourth-order valence-electron chi connectivity index (χ4n) is 1.71. The first kappa shape index (κ1) is 14.5. The first-order chi connectivity index (χ1) is 8.77. The second-order valence-electron chi connectivity index (χ2n) is 4.01. The molecule has 1 aromatic rings. The van der Waals surface area contributed by atoms with Crippen molar-refractivity contribution in [2.45, 2.75) is 13.8 Å². The lowest BCUT2D eigenvalue weighted by Gasteiger charge is -2.18. The van der Waals surface area contributed by atoms with Gasteiger partial charge in [-0.1, -0.05) is 42.5 Å². The van der Waals surface area contributed by atoms with Crippen LogP contribution >= 0.6 is 0 Å². The van der Waals surface area contributed by atoms with Crippen LogP contribution in [-0.4, -0.2) is 37.0 Å². The van der Waals surface area contributed by atoms with Gasteiger partial charge < -0.3 is 10.2 Å². The minimum Gasteiger partial charge on any atom is -0.342 e. The summed E-state index contributed by atoms with van der Waals surface area (Å²) in [5, 5.41) is 3.13. The summed E-state index contributed by atoms with van der Waals surface area (Å²) in [6, 6.07) is 10.1. The number of hydrogen-bond acceptors (Lipinski definition) is 2. The Hall–Kier alpha value is -1.61. The molecule has 18 heavy (non-hydrogen) atoms. The summed E-state index contributed by atoms with van der Waals surface area (Å²) in [4.78, 5) is 13.5. The third kappa shape index (κ3) is 5.15. The Morgan fingerprint density at radius 1 is 1.22 bits per heavy atom. The second-order valence-corrected chi connectivity index (χ2v) is 4.01. The normalized spacial score (nSPS) is 10.8. The number of carbonyl (C=O) groups is 1. The lowest BCUT2D eigenvalue weighted by Crippen LogP contribution is -2.37. The number of benzene rings is 1. The van der Waals surface area contributed by atoms with E-state index >= 15 is 0 Å². The van der Waals surface area contributed by atoms with Crippen LogP contribution < -0.4 is 5.32 Å². The van der Waals surface area contributed by atoms with Gasteiger partial charge in [-0.15, -0.1) is 0 Å². The molecule has 0 radical (unpaired) electrons. The van der Waals surface area contributed by atoms with Gasteiger partial charge in [0.15, 0.2) is 0 Å². The van der Waals surface area contributed by atoms with Crippen LogP contribution in [0.5, 0.6) is 0 Å². The van der Waals surface area contributed by atoms with Crippen LogP contribution in [0.2, 0.25) is 0 Å². The van der Waals surface area contributed by atoms with E-state index in [9.17, 15) is 4.79 Å². The van der Waals surface area contributed by atoms with Gasteiger partial charge in [-0.3, -0.25) is 4.79 Å². The molecule has 0 aliphatic carbocycles. The van der Waals surface area contributed by atoms with Crippen molar-refractivity contribution in [3.05, 3.63) is 42.0 Å². The van der Waals surface area contributed by atoms with Gasteiger partial charge in [0.2, 0.25) is 5.91 Å². The summed E-state index contributed by atoms with van der Waals surface area (Å²) >= 11 is 0. The zero-order valence-electron chi connectivity index (χ0n) is 11.2. The van der Waals surface area contributed by atoms with E-state index in [0.29, 0.717) is 13.1 Å². The number of hydrogen-bond donors (Lipinski definition) is 1. The molecule has 0 aliphatic heterocycles. The van der Waals surface area contributed by atoms with Crippen LogP contribution in [0.1, 0.15) is 19.4 Å². The van der Waals surface area contributed by atoms with Crippen LogP contribution in [0.25, 0.3) is 6.08 Å². The monoisotopic (exact) mass is 246 g/mol. The molecule has 0 heterocycles. The van der Waals surface area contributed by atoms with Crippen LogP contribution in [0, 0.1) is 0 Å². The van der Waals surface area contributed by atoms with E-state index in [1.165, 1.54) is 5.56 Å². The van der Waals surface area contributed by atoms with Crippen molar-refractivity contribution in [1.82, 2.24) is 10.2 Å². The van der Waals surface area contributed by atoms with Crippen molar-refractivity contribution in [2.24, 2.45) is 0 Å². The summed E-state index contributed by atoms with van der Waals surface area (Å²) in [7, 11) is 0. The summed E-state index contributed by atoms with van der Waals surface area (Å²) in [5.74, 6) is 0.160. The molecule has 98 valence electrons. The largest absolute Gasteiger partial charge is 0.342 e. The summed E-state index contributed by atoms with van der Waals surface area (Å²) in [6.07, 6.45) is 4.08. The molecular formula is C15H22N2O. The molecule has 1 N–H and O–H groups in total. The van der Waals surface area contributed by atoms with Crippen LogP contribution in [-0.2, 0) is 4.79 Å². The highest BCUT2D eigenvalue weighted by molar-refractivity contribution is 5.78. The van der Waals surface area contributed by atoms with Gasteiger partial charge in [0.1, 0.15) is 0 Å². The quantitative estimate of drug-likeness (QED) is 0.748. The van der Waals surface area contributed by atoms with E-state index in [2.05, 4.69) is 23.5 Å². The molecular weight excluding hydrogens is 224 g/mol. The number of amides is 1. The average molecular weight is 246 g/mol. The van der Waals surface area contributed by atoms with Gasteiger partial charge in [0.05, 0.1) is 6.54 Å². The van der Waals surface area contributed by atoms with E-state index in [1.54, 1.807) is 0 Å². The van der Waals surface area contributed by atoms with Crippen molar-refractivity contribution in [2.75, 3.05) is 26.2 Å². The van der Waals surface area contributed by atoms with Gasteiger partial charge in [-0.25, -0.2) is 0 Å². The standard InChI is InChI=1S/C15H22N2O/c1-3-17(4-2)15(18)13-16-12-8-11-14-9-6-5-7-10-14/h5-11,16H,3-4,12-13H2,1-2H3/b11-8+. The molecule has 0 atom stereocenters. The molecule has 1 rings (SSSR count). The molecule has 1 aromatic carbocycles. The van der Waals surface area contributed by atoms with E-state index in [-0.39, 0.29) is 5.91 Å². The van der Waals surface area contributed by atoms with Crippen molar-refractivity contribution < 1.29 is 4.79 Å². The zero-order valence-corrected chi connectivity index (χ0v) is 11.2. The predicted octanol–water partition coefficient (Wildman–Crippen LogP) is 2.16. The SMILES string of the molecule is CCN(CC)C(=O)CNC/C=C/c1ccccc1. The Morgan fingerprint density at radius 2 is 1.89 bits per heavy atom. The molecule has 0 saturated heterocycles. The number of nitrogens with one attached hydrogen (secondary N) is 1. The first-order valence-electron chi connectivity index (χ1n) is 6.48. The fourth-order valence-corrected chi connectivity index (χ4v) is 1.71. The molecule has 0 spiro atoms. The molecule has 0 fully saturated rings. The number of rotatable bonds is 7. The minimum absolute atomic E-state index is 0.160. The maximum Gasteiger partial charge on any atom is 0.236 e. The van der Waals surface area contributed by atoms with E-state index < -0.39 is 0 Å². The highest BCUT2D eigenvalue weighted by Gasteiger charge is 2.07. The minimum atomic E-state index is 0.160. The van der Waals surface area contributed by atoms with E-state index in [0.717, 1.165) is 13.1 Å². The van der Waals surface area contributed by atoms with Crippen LogP contribution in [0.15, 0.2) is 36.4 Å². The molecule has 0 aliphatic rings. The van der Waals surface area contributed by atoms with Crippen molar-refractivity contribution in [3.8, 4) is 0 Å². The summed E-state index contributed by atoms with van der Waals surface area (Å²) in [5.41, 5.74) is 1.18. The Bertz CT molecular complexity index is 369. The Kier molecular flexibility index (Phi) is 6.81. The summed E-state index contributed by atoms with van der Waals surface area (Å²) in [6.45, 7) is 6.66. The number of carbonyl (C=O) groups excluding carboxylic acids is 1. The highest BCUT2D eigenvalue weighted by atomic mass is 16.2. The Labute approximate surface area is 109 Å². The van der Waals surface area contributed by atoms with Crippen molar-refractivity contribution in [3.63, 3.8) is 0 Å². The molecule has 3 heteroatoms. The predicted molar refractivity (Wildman–Crippen MR) is 76.3 cm³/mol. The van der Waals surface area contributed by atoms with Crippen molar-refractivity contribution >= 4 is 12.0 Å². The average Bonchev–Trinajstić information content (AvgIpc) is 2.41. The highest BCUT2D eigenvalue weighted by Crippen LogP contribution is 1.99. The maximum absolute atomic E-state index is 11.7. The molecule has 1 amide bonds. The first-order valence-corrected chi connectivity index (χ1v) is 6.48. The smallest absolute Gasteiger partial charge is 0.236 e. The van der Waals surface area contributed by atoms with Crippen molar-refractivity contribution in [1.29, 1.82) is 0 Å². The Morgan fingerprint density at radius 3 is 2.50 bits per heavy atom. The van der Waals surface area contributed by atoms with E-state index in [4.69, 9.17) is 0 Å². The van der Waals surface area contributed by atoms with E-state index in [1.807, 2.05) is 43.0 Å². The maximum atomic E-state index is 11.7. The lowest BCUT2D eigenvalue weighted by atomic mass is 10.2. The van der Waals surface area contributed by atoms with Gasteiger partial charge in [-0.05, 0) is 19.4 Å². The topological polar surface area (TPSA) is 32.3 Å². The Balaban J connectivity index is 2.23. The molecule has 0 aromatic heterocycles. The summed E-state index contributed by atoms with van der Waals surface area (Å²) < 4.78 is 0. The zero-order chi connectivity index (χ0) is 13.2. The third-order valence-electron chi connectivity index (χ3n) is 2.76. The second kappa shape index (κ2) is 8.48. The molecule has 0 unspecified atom stereocenters. The van der Waals surface area contributed by atoms with Gasteiger partial charge in [0, 0.05) is 19.6 Å². The van der Waals surface area contributed by atoms with Gasteiger partial charge in [-0.2, -0.15) is 0 Å². The number of likely N-dealkylation sites (N-methyl/N-ethyl adjacent to an activating group) is 1. The van der Waals surface area contributed by atoms with Crippen LogP contribution in [0.4, 0.5) is 0 Å². The molecule has 3 nitrogen and oxygen atoms in total.